The lowest BCUT2D eigenvalue weighted by Crippen LogP contribution is -2.19. The van der Waals surface area contributed by atoms with Gasteiger partial charge in [-0.2, -0.15) is 5.10 Å². The lowest BCUT2D eigenvalue weighted by molar-refractivity contribution is 0.404. The quantitative estimate of drug-likeness (QED) is 0.455. The normalized spacial score (nSPS) is 15.3. The van der Waals surface area contributed by atoms with E-state index in [1.54, 1.807) is 32.7 Å². The molecule has 1 aromatic heterocycles. The second-order valence-electron chi connectivity index (χ2n) is 7.72. The SMILES string of the molecule is COc1ccc(C=Nn2c(-c3cc(OC)ccc3OC)csc2=NC2CCCCC2)cc1. The summed E-state index contributed by atoms with van der Waals surface area (Å²) in [5, 5.41) is 6.92. The zero-order valence-corrected chi connectivity index (χ0v) is 19.6. The van der Waals surface area contributed by atoms with Crippen molar-refractivity contribution in [2.45, 2.75) is 38.1 Å². The van der Waals surface area contributed by atoms with Crippen molar-refractivity contribution in [2.75, 3.05) is 21.3 Å². The molecule has 0 aliphatic heterocycles. The van der Waals surface area contributed by atoms with Crippen LogP contribution in [0.4, 0.5) is 0 Å². The number of aromatic nitrogens is 1. The van der Waals surface area contributed by atoms with Gasteiger partial charge in [0.2, 0.25) is 4.80 Å². The molecule has 0 atom stereocenters. The third-order valence-electron chi connectivity index (χ3n) is 5.67. The first-order valence-corrected chi connectivity index (χ1v) is 11.7. The lowest BCUT2D eigenvalue weighted by Gasteiger charge is -2.17. The highest BCUT2D eigenvalue weighted by Crippen LogP contribution is 2.34. The third kappa shape index (κ3) is 5.05. The molecule has 0 unspecified atom stereocenters. The predicted octanol–water partition coefficient (Wildman–Crippen LogP) is 5.36. The Kier molecular flexibility index (Phi) is 7.27. The molecule has 3 aromatic rings. The fourth-order valence-electron chi connectivity index (χ4n) is 3.88. The van der Waals surface area contributed by atoms with E-state index in [2.05, 4.69) is 5.38 Å². The summed E-state index contributed by atoms with van der Waals surface area (Å²) in [6, 6.07) is 14.0. The molecule has 1 heterocycles. The first kappa shape index (κ1) is 22.1. The van der Waals surface area contributed by atoms with Gasteiger partial charge in [-0.3, -0.25) is 4.99 Å². The van der Waals surface area contributed by atoms with Crippen LogP contribution in [0.15, 0.2) is 57.9 Å². The van der Waals surface area contributed by atoms with Crippen molar-refractivity contribution in [1.82, 2.24) is 4.68 Å². The fraction of sp³-hybridized carbons (Fsp3) is 0.360. The Morgan fingerprint density at radius 2 is 1.62 bits per heavy atom. The van der Waals surface area contributed by atoms with E-state index in [1.165, 1.54) is 19.3 Å². The van der Waals surface area contributed by atoms with E-state index in [0.29, 0.717) is 6.04 Å². The van der Waals surface area contributed by atoms with Crippen LogP contribution in [0.25, 0.3) is 11.3 Å². The predicted molar refractivity (Wildman–Crippen MR) is 129 cm³/mol. The largest absolute Gasteiger partial charge is 0.497 e. The second kappa shape index (κ2) is 10.5. The standard InChI is InChI=1S/C25H29N3O3S/c1-29-20-11-9-18(10-12-20)16-26-28-23(22-15-21(30-2)13-14-24(22)31-3)17-32-25(28)27-19-7-5-4-6-8-19/h9-17,19H,4-8H2,1-3H3. The van der Waals surface area contributed by atoms with Gasteiger partial charge in [-0.15, -0.1) is 11.3 Å². The number of hydrogen-bond acceptors (Lipinski definition) is 6. The van der Waals surface area contributed by atoms with Crippen molar-refractivity contribution in [1.29, 1.82) is 0 Å². The monoisotopic (exact) mass is 451 g/mol. The molecular weight excluding hydrogens is 422 g/mol. The van der Waals surface area contributed by atoms with E-state index in [9.17, 15) is 0 Å². The van der Waals surface area contributed by atoms with E-state index in [4.69, 9.17) is 24.3 Å². The molecule has 0 bridgehead atoms. The van der Waals surface area contributed by atoms with Crippen LogP contribution in [0.3, 0.4) is 0 Å². The van der Waals surface area contributed by atoms with Crippen LogP contribution in [0, 0.1) is 0 Å². The van der Waals surface area contributed by atoms with Crippen LogP contribution in [-0.4, -0.2) is 38.3 Å². The number of nitrogens with zero attached hydrogens (tertiary/aromatic N) is 3. The molecule has 0 spiro atoms. The number of hydrogen-bond donors (Lipinski definition) is 0. The van der Waals surface area contributed by atoms with Crippen molar-refractivity contribution >= 4 is 17.6 Å². The summed E-state index contributed by atoms with van der Waals surface area (Å²) in [7, 11) is 5.01. The second-order valence-corrected chi connectivity index (χ2v) is 8.56. The van der Waals surface area contributed by atoms with Crippen LogP contribution in [0.5, 0.6) is 17.2 Å². The van der Waals surface area contributed by atoms with Gasteiger partial charge in [0.25, 0.3) is 0 Å². The van der Waals surface area contributed by atoms with Crippen LogP contribution in [0.2, 0.25) is 0 Å². The molecule has 4 rings (SSSR count). The molecule has 6 nitrogen and oxygen atoms in total. The Hall–Kier alpha value is -3.06. The molecule has 1 aliphatic carbocycles. The van der Waals surface area contributed by atoms with Crippen LogP contribution in [0.1, 0.15) is 37.7 Å². The molecule has 32 heavy (non-hydrogen) atoms. The van der Waals surface area contributed by atoms with Crippen LogP contribution >= 0.6 is 11.3 Å². The highest BCUT2D eigenvalue weighted by atomic mass is 32.1. The highest BCUT2D eigenvalue weighted by Gasteiger charge is 2.16. The summed E-state index contributed by atoms with van der Waals surface area (Å²) in [6.07, 6.45) is 7.91. The van der Waals surface area contributed by atoms with E-state index in [-0.39, 0.29) is 0 Å². The first-order chi connectivity index (χ1) is 15.7. The van der Waals surface area contributed by atoms with Gasteiger partial charge in [-0.1, -0.05) is 19.3 Å². The Labute approximate surface area is 192 Å². The Bertz CT molecular complexity index is 1130. The zero-order valence-electron chi connectivity index (χ0n) is 18.8. The van der Waals surface area contributed by atoms with Gasteiger partial charge >= 0.3 is 0 Å². The first-order valence-electron chi connectivity index (χ1n) is 10.9. The maximum absolute atomic E-state index is 5.64. The minimum absolute atomic E-state index is 0.352. The fourth-order valence-corrected chi connectivity index (χ4v) is 4.78. The van der Waals surface area contributed by atoms with E-state index >= 15 is 0 Å². The minimum Gasteiger partial charge on any atom is -0.497 e. The summed E-state index contributed by atoms with van der Waals surface area (Å²) >= 11 is 1.60. The maximum atomic E-state index is 5.64. The molecule has 1 fully saturated rings. The molecule has 1 saturated carbocycles. The number of thiazole rings is 1. The van der Waals surface area contributed by atoms with E-state index < -0.39 is 0 Å². The van der Waals surface area contributed by atoms with Crippen molar-refractivity contribution in [3.63, 3.8) is 0 Å². The number of ether oxygens (including phenoxy) is 3. The van der Waals surface area contributed by atoms with Gasteiger partial charge in [-0.25, -0.2) is 4.68 Å². The summed E-state index contributed by atoms with van der Waals surface area (Å²) in [5.74, 6) is 2.35. The average Bonchev–Trinajstić information content (AvgIpc) is 3.25. The number of methoxy groups -OCH3 is 3. The Balaban J connectivity index is 1.80. The third-order valence-corrected chi connectivity index (χ3v) is 6.50. The smallest absolute Gasteiger partial charge is 0.206 e. The van der Waals surface area contributed by atoms with Crippen molar-refractivity contribution in [2.24, 2.45) is 10.1 Å². The van der Waals surface area contributed by atoms with Crippen LogP contribution < -0.4 is 19.0 Å². The van der Waals surface area contributed by atoms with E-state index in [1.807, 2.05) is 53.4 Å². The molecule has 168 valence electrons. The molecule has 0 amide bonds. The van der Waals surface area contributed by atoms with E-state index in [0.717, 1.165) is 51.7 Å². The molecule has 0 N–H and O–H groups in total. The number of benzene rings is 2. The average molecular weight is 452 g/mol. The molecule has 2 aromatic carbocycles. The summed E-state index contributed by atoms with van der Waals surface area (Å²) in [4.78, 5) is 5.97. The van der Waals surface area contributed by atoms with Gasteiger partial charge in [-0.05, 0) is 60.9 Å². The summed E-state index contributed by atoms with van der Waals surface area (Å²) in [6.45, 7) is 0. The molecular formula is C25H29N3O3S. The lowest BCUT2D eigenvalue weighted by atomic mass is 9.96. The maximum Gasteiger partial charge on any atom is 0.206 e. The van der Waals surface area contributed by atoms with Crippen molar-refractivity contribution in [3.8, 4) is 28.5 Å². The molecule has 0 saturated heterocycles. The Morgan fingerprint density at radius 1 is 0.906 bits per heavy atom. The highest BCUT2D eigenvalue weighted by molar-refractivity contribution is 7.07. The summed E-state index contributed by atoms with van der Waals surface area (Å²) < 4.78 is 18.3. The van der Waals surface area contributed by atoms with Gasteiger partial charge in [0, 0.05) is 10.9 Å². The summed E-state index contributed by atoms with van der Waals surface area (Å²) in [5.41, 5.74) is 2.82. The van der Waals surface area contributed by atoms with Gasteiger partial charge in [0.05, 0.1) is 39.3 Å². The zero-order chi connectivity index (χ0) is 22.3. The van der Waals surface area contributed by atoms with Crippen molar-refractivity contribution in [3.05, 3.63) is 58.2 Å². The van der Waals surface area contributed by atoms with Crippen molar-refractivity contribution < 1.29 is 14.2 Å². The number of rotatable bonds is 7. The molecule has 1 aliphatic rings. The molecule has 0 radical (unpaired) electrons. The topological polar surface area (TPSA) is 57.3 Å². The Morgan fingerprint density at radius 3 is 2.31 bits per heavy atom. The minimum atomic E-state index is 0.352. The van der Waals surface area contributed by atoms with Crippen LogP contribution in [-0.2, 0) is 0 Å². The van der Waals surface area contributed by atoms with Gasteiger partial charge in [0.15, 0.2) is 0 Å². The van der Waals surface area contributed by atoms with Gasteiger partial charge in [0.1, 0.15) is 17.2 Å². The van der Waals surface area contributed by atoms with Gasteiger partial charge < -0.3 is 14.2 Å². The molecule has 7 heteroatoms.